The Morgan fingerprint density at radius 3 is 1.87 bits per heavy atom. The molecule has 0 atom stereocenters. The Morgan fingerprint density at radius 2 is 1.26 bits per heavy atom. The molecule has 2 rings (SSSR count). The van der Waals surface area contributed by atoms with Gasteiger partial charge in [0, 0.05) is 6.61 Å². The van der Waals surface area contributed by atoms with Crippen LogP contribution in [0.2, 0.25) is 0 Å². The molecule has 0 spiro atoms. The summed E-state index contributed by atoms with van der Waals surface area (Å²) in [6.45, 7) is 5.56. The molecule has 1 heteroatoms. The number of ether oxygens (including phenoxy) is 1. The van der Waals surface area contributed by atoms with Gasteiger partial charge in [0.25, 0.3) is 0 Å². The smallest absolute Gasteiger partial charge is 0.0575 e. The van der Waals surface area contributed by atoms with Crippen molar-refractivity contribution in [2.75, 3.05) is 6.61 Å². The Bertz CT molecular complexity index is 272. The minimum Gasteiger partial charge on any atom is -0.378 e. The molecule has 0 radical (unpaired) electrons. The maximum atomic E-state index is 6.04. The molecular formula is C22H42O. The van der Waals surface area contributed by atoms with Crippen molar-refractivity contribution in [3.8, 4) is 0 Å². The summed E-state index contributed by atoms with van der Waals surface area (Å²) in [6.07, 6.45) is 22.1. The maximum Gasteiger partial charge on any atom is 0.0575 e. The van der Waals surface area contributed by atoms with Crippen LogP contribution in [0.15, 0.2) is 0 Å². The highest BCUT2D eigenvalue weighted by molar-refractivity contribution is 4.82. The van der Waals surface area contributed by atoms with E-state index in [0.29, 0.717) is 6.10 Å². The van der Waals surface area contributed by atoms with Crippen LogP contribution in [0.25, 0.3) is 0 Å². The molecule has 0 saturated heterocycles. The van der Waals surface area contributed by atoms with Crippen LogP contribution in [0, 0.1) is 17.8 Å². The van der Waals surface area contributed by atoms with E-state index in [1.807, 2.05) is 0 Å². The first-order chi connectivity index (χ1) is 11.3. The molecule has 2 aliphatic carbocycles. The molecule has 0 aromatic rings. The Labute approximate surface area is 146 Å². The first-order valence-corrected chi connectivity index (χ1v) is 10.9. The number of rotatable bonds is 10. The van der Waals surface area contributed by atoms with Gasteiger partial charge in [-0.3, -0.25) is 0 Å². The molecule has 0 aromatic carbocycles. The quantitative estimate of drug-likeness (QED) is 0.388. The Morgan fingerprint density at radius 1 is 0.652 bits per heavy atom. The van der Waals surface area contributed by atoms with Gasteiger partial charge < -0.3 is 4.74 Å². The summed E-state index contributed by atoms with van der Waals surface area (Å²) in [7, 11) is 0. The minimum atomic E-state index is 0.590. The van der Waals surface area contributed by atoms with Gasteiger partial charge in [-0.15, -0.1) is 0 Å². The summed E-state index contributed by atoms with van der Waals surface area (Å²) >= 11 is 0. The van der Waals surface area contributed by atoms with Crippen LogP contribution in [-0.2, 0) is 4.74 Å². The van der Waals surface area contributed by atoms with Gasteiger partial charge in [-0.1, -0.05) is 65.2 Å². The molecule has 2 fully saturated rings. The van der Waals surface area contributed by atoms with Gasteiger partial charge in [-0.2, -0.15) is 0 Å². The summed E-state index contributed by atoms with van der Waals surface area (Å²) in [5.74, 6) is 3.15. The molecule has 0 aromatic heterocycles. The van der Waals surface area contributed by atoms with Crippen molar-refractivity contribution < 1.29 is 4.74 Å². The van der Waals surface area contributed by atoms with Gasteiger partial charge >= 0.3 is 0 Å². The fraction of sp³-hybridized carbons (Fsp3) is 1.00. The van der Waals surface area contributed by atoms with Crippen molar-refractivity contribution in [1.29, 1.82) is 0 Å². The van der Waals surface area contributed by atoms with E-state index in [-0.39, 0.29) is 0 Å². The third-order valence-corrected chi connectivity index (χ3v) is 6.59. The Hall–Kier alpha value is -0.0400. The SMILES string of the molecule is CCCCCCC1CCC(C2CCC(OCCCC)CC2)CC1. The minimum absolute atomic E-state index is 0.590. The van der Waals surface area contributed by atoms with Crippen LogP contribution < -0.4 is 0 Å². The summed E-state index contributed by atoms with van der Waals surface area (Å²) in [5, 5.41) is 0. The molecule has 0 unspecified atom stereocenters. The standard InChI is InChI=1S/C22H42O/c1-3-5-7-8-9-19-10-12-20(13-11-19)21-14-16-22(17-15-21)23-18-6-4-2/h19-22H,3-18H2,1-2H3. The molecule has 0 N–H and O–H groups in total. The maximum absolute atomic E-state index is 6.04. The second-order valence-electron chi connectivity index (χ2n) is 8.39. The molecule has 1 nitrogen and oxygen atoms in total. The van der Waals surface area contributed by atoms with Crippen LogP contribution in [0.1, 0.15) is 110 Å². The van der Waals surface area contributed by atoms with Crippen LogP contribution in [0.5, 0.6) is 0 Å². The van der Waals surface area contributed by atoms with Gasteiger partial charge in [0.15, 0.2) is 0 Å². The van der Waals surface area contributed by atoms with Gasteiger partial charge in [0.2, 0.25) is 0 Å². The predicted octanol–water partition coefficient (Wildman–Crippen LogP) is 7.14. The third kappa shape index (κ3) is 7.16. The lowest BCUT2D eigenvalue weighted by molar-refractivity contribution is 0.00576. The second-order valence-corrected chi connectivity index (χ2v) is 8.39. The van der Waals surface area contributed by atoms with Crippen LogP contribution in [-0.4, -0.2) is 12.7 Å². The third-order valence-electron chi connectivity index (χ3n) is 6.59. The van der Waals surface area contributed by atoms with E-state index in [1.165, 1.54) is 96.3 Å². The molecule has 0 heterocycles. The molecule has 2 aliphatic rings. The lowest BCUT2D eigenvalue weighted by atomic mass is 9.70. The van der Waals surface area contributed by atoms with Gasteiger partial charge in [-0.05, 0) is 62.7 Å². The van der Waals surface area contributed by atoms with Gasteiger partial charge in [0.05, 0.1) is 6.10 Å². The van der Waals surface area contributed by atoms with Gasteiger partial charge in [0.1, 0.15) is 0 Å². The normalized spacial score (nSPS) is 32.1. The number of hydrogen-bond acceptors (Lipinski definition) is 1. The van der Waals surface area contributed by atoms with Gasteiger partial charge in [-0.25, -0.2) is 0 Å². The first-order valence-electron chi connectivity index (χ1n) is 10.9. The lowest BCUT2D eigenvalue weighted by Crippen LogP contribution is -2.28. The summed E-state index contributed by atoms with van der Waals surface area (Å²) in [6, 6.07) is 0. The van der Waals surface area contributed by atoms with Crippen molar-refractivity contribution in [1.82, 2.24) is 0 Å². The fourth-order valence-corrected chi connectivity index (χ4v) is 4.93. The summed E-state index contributed by atoms with van der Waals surface area (Å²) in [5.41, 5.74) is 0. The second kappa shape index (κ2) is 11.5. The van der Waals surface area contributed by atoms with Crippen molar-refractivity contribution in [2.24, 2.45) is 17.8 Å². The number of unbranched alkanes of at least 4 members (excludes halogenated alkanes) is 4. The van der Waals surface area contributed by atoms with Crippen LogP contribution in [0.4, 0.5) is 0 Å². The van der Waals surface area contributed by atoms with E-state index >= 15 is 0 Å². The molecular weight excluding hydrogens is 280 g/mol. The molecule has 0 amide bonds. The molecule has 23 heavy (non-hydrogen) atoms. The Kier molecular flexibility index (Phi) is 9.65. The number of hydrogen-bond donors (Lipinski definition) is 0. The highest BCUT2D eigenvalue weighted by Gasteiger charge is 2.30. The highest BCUT2D eigenvalue weighted by atomic mass is 16.5. The molecule has 0 bridgehead atoms. The average Bonchev–Trinajstić information content (AvgIpc) is 2.60. The zero-order chi connectivity index (χ0) is 16.3. The van der Waals surface area contributed by atoms with Crippen LogP contribution >= 0.6 is 0 Å². The van der Waals surface area contributed by atoms with E-state index < -0.39 is 0 Å². The van der Waals surface area contributed by atoms with E-state index in [9.17, 15) is 0 Å². The van der Waals surface area contributed by atoms with Crippen molar-refractivity contribution >= 4 is 0 Å². The average molecular weight is 323 g/mol. The highest BCUT2D eigenvalue weighted by Crippen LogP contribution is 2.41. The van der Waals surface area contributed by atoms with E-state index in [0.717, 1.165) is 24.4 Å². The summed E-state index contributed by atoms with van der Waals surface area (Å²) in [4.78, 5) is 0. The Balaban J connectivity index is 1.55. The largest absolute Gasteiger partial charge is 0.378 e. The van der Waals surface area contributed by atoms with E-state index in [1.54, 1.807) is 0 Å². The summed E-state index contributed by atoms with van der Waals surface area (Å²) < 4.78 is 6.04. The van der Waals surface area contributed by atoms with Crippen molar-refractivity contribution in [2.45, 2.75) is 116 Å². The molecule has 2 saturated carbocycles. The lowest BCUT2D eigenvalue weighted by Gasteiger charge is -2.38. The van der Waals surface area contributed by atoms with Crippen molar-refractivity contribution in [3.63, 3.8) is 0 Å². The first kappa shape index (κ1) is 19.3. The van der Waals surface area contributed by atoms with Crippen molar-refractivity contribution in [3.05, 3.63) is 0 Å². The fourth-order valence-electron chi connectivity index (χ4n) is 4.93. The molecule has 136 valence electrons. The van der Waals surface area contributed by atoms with Crippen LogP contribution in [0.3, 0.4) is 0 Å². The van der Waals surface area contributed by atoms with E-state index in [4.69, 9.17) is 4.74 Å². The predicted molar refractivity (Wildman–Crippen MR) is 101 cm³/mol. The zero-order valence-electron chi connectivity index (χ0n) is 16.0. The topological polar surface area (TPSA) is 9.23 Å². The van der Waals surface area contributed by atoms with E-state index in [2.05, 4.69) is 13.8 Å². The zero-order valence-corrected chi connectivity index (χ0v) is 16.0. The monoisotopic (exact) mass is 322 g/mol. The molecule has 0 aliphatic heterocycles.